The fourth-order valence-electron chi connectivity index (χ4n) is 2.43. The third kappa shape index (κ3) is 3.32. The summed E-state index contributed by atoms with van der Waals surface area (Å²) in [6, 6.07) is 0.223. The highest BCUT2D eigenvalue weighted by Gasteiger charge is 2.28. The first-order valence-electron chi connectivity index (χ1n) is 6.87. The molecule has 1 aromatic heterocycles. The van der Waals surface area contributed by atoms with Gasteiger partial charge in [-0.2, -0.15) is 0 Å². The molecule has 1 aliphatic heterocycles. The number of carboxylic acids is 1. The Balaban J connectivity index is 2.25. The Kier molecular flexibility index (Phi) is 5.04. The van der Waals surface area contributed by atoms with Crippen molar-refractivity contribution in [2.45, 2.75) is 44.3 Å². The molecule has 1 N–H and O–H groups in total. The van der Waals surface area contributed by atoms with E-state index in [4.69, 9.17) is 9.84 Å². The highest BCUT2D eigenvalue weighted by atomic mass is 32.2. The highest BCUT2D eigenvalue weighted by Crippen LogP contribution is 2.32. The van der Waals surface area contributed by atoms with Crippen LogP contribution in [0.4, 0.5) is 0 Å². The molecule has 2 atom stereocenters. The molecule has 0 aliphatic carbocycles. The quantitative estimate of drug-likeness (QED) is 0.811. The van der Waals surface area contributed by atoms with Gasteiger partial charge in [0.05, 0.1) is 12.4 Å². The van der Waals surface area contributed by atoms with Gasteiger partial charge in [0.2, 0.25) is 0 Å². The molecule has 2 unspecified atom stereocenters. The summed E-state index contributed by atoms with van der Waals surface area (Å²) in [6.45, 7) is 7.83. The second-order valence-corrected chi connectivity index (χ2v) is 6.35. The van der Waals surface area contributed by atoms with Crippen molar-refractivity contribution in [3.8, 4) is 0 Å². The summed E-state index contributed by atoms with van der Waals surface area (Å²) in [5, 5.41) is 17.9. The number of nitrogens with zero attached hydrogens (tertiary/aromatic N) is 3. The van der Waals surface area contributed by atoms with Gasteiger partial charge >= 0.3 is 5.97 Å². The maximum Gasteiger partial charge on any atom is 0.313 e. The van der Waals surface area contributed by atoms with Crippen molar-refractivity contribution < 1.29 is 14.6 Å². The van der Waals surface area contributed by atoms with E-state index in [1.54, 1.807) is 0 Å². The molecule has 0 saturated carbocycles. The van der Waals surface area contributed by atoms with E-state index >= 15 is 0 Å². The van der Waals surface area contributed by atoms with Crippen molar-refractivity contribution in [3.63, 3.8) is 0 Å². The normalized spacial score (nSPS) is 20.5. The minimum Gasteiger partial charge on any atom is -0.481 e. The number of thioether (sulfide) groups is 1. The van der Waals surface area contributed by atoms with E-state index in [0.717, 1.165) is 25.5 Å². The predicted molar refractivity (Wildman–Crippen MR) is 76.1 cm³/mol. The molecule has 7 heteroatoms. The molecule has 1 fully saturated rings. The number of rotatable bonds is 6. The molecule has 0 spiro atoms. The van der Waals surface area contributed by atoms with E-state index < -0.39 is 5.97 Å². The zero-order valence-corrected chi connectivity index (χ0v) is 12.9. The molecule has 112 valence electrons. The van der Waals surface area contributed by atoms with Gasteiger partial charge in [0.1, 0.15) is 5.82 Å². The second kappa shape index (κ2) is 6.58. The first-order chi connectivity index (χ1) is 9.50. The zero-order valence-electron chi connectivity index (χ0n) is 12.1. The number of hydrogen-bond acceptors (Lipinski definition) is 5. The zero-order chi connectivity index (χ0) is 14.7. The Morgan fingerprint density at radius 3 is 2.80 bits per heavy atom. The third-order valence-electron chi connectivity index (χ3n) is 3.59. The summed E-state index contributed by atoms with van der Waals surface area (Å²) in [7, 11) is 0. The summed E-state index contributed by atoms with van der Waals surface area (Å²) in [5.41, 5.74) is 0. The molecule has 0 radical (unpaired) electrons. The molecular weight excluding hydrogens is 278 g/mol. The lowest BCUT2D eigenvalue weighted by Gasteiger charge is -2.23. The van der Waals surface area contributed by atoms with Crippen LogP contribution in [-0.2, 0) is 9.53 Å². The summed E-state index contributed by atoms with van der Waals surface area (Å²) in [4.78, 5) is 10.8. The fourth-order valence-corrected chi connectivity index (χ4v) is 3.18. The van der Waals surface area contributed by atoms with Crippen LogP contribution in [0.2, 0.25) is 0 Å². The Bertz CT molecular complexity index is 469. The minimum atomic E-state index is -0.840. The molecular formula is C13H21N3O3S. The molecule has 2 rings (SSSR count). The first-order valence-corrected chi connectivity index (χ1v) is 7.86. The van der Waals surface area contributed by atoms with E-state index in [-0.39, 0.29) is 17.7 Å². The summed E-state index contributed by atoms with van der Waals surface area (Å²) in [5.74, 6) is 0.772. The molecule has 0 bridgehead atoms. The molecule has 2 heterocycles. The van der Waals surface area contributed by atoms with Gasteiger partial charge in [0, 0.05) is 24.5 Å². The number of carboxylic acid groups (broad SMARTS) is 1. The van der Waals surface area contributed by atoms with Gasteiger partial charge in [-0.1, -0.05) is 25.6 Å². The van der Waals surface area contributed by atoms with Gasteiger partial charge < -0.3 is 14.4 Å². The predicted octanol–water partition coefficient (Wildman–Crippen LogP) is 2.18. The lowest BCUT2D eigenvalue weighted by molar-refractivity contribution is -0.133. The molecule has 1 aliphatic rings. The van der Waals surface area contributed by atoms with Gasteiger partial charge in [-0.15, -0.1) is 10.2 Å². The lowest BCUT2D eigenvalue weighted by Crippen LogP contribution is -2.20. The van der Waals surface area contributed by atoms with Crippen molar-refractivity contribution in [2.75, 3.05) is 19.0 Å². The van der Waals surface area contributed by atoms with Crippen LogP contribution in [0.3, 0.4) is 0 Å². The van der Waals surface area contributed by atoms with Gasteiger partial charge in [0.25, 0.3) is 0 Å². The minimum absolute atomic E-state index is 0.00408. The van der Waals surface area contributed by atoms with Crippen molar-refractivity contribution in [3.05, 3.63) is 5.82 Å². The molecule has 0 amide bonds. The topological polar surface area (TPSA) is 77.2 Å². The van der Waals surface area contributed by atoms with Crippen LogP contribution in [0.15, 0.2) is 5.16 Å². The number of carbonyl (C=O) groups is 1. The molecule has 6 nitrogen and oxygen atoms in total. The summed E-state index contributed by atoms with van der Waals surface area (Å²) in [6.07, 6.45) is 1.03. The maximum absolute atomic E-state index is 10.8. The lowest BCUT2D eigenvalue weighted by atomic mass is 10.00. The fraction of sp³-hybridized carbons (Fsp3) is 0.769. The van der Waals surface area contributed by atoms with Crippen LogP contribution < -0.4 is 0 Å². The standard InChI is InChI=1S/C13H21N3O3S/c1-8(2)12-14-15-13(20-7-11(17)18)16(12)9(3)10-4-5-19-6-10/h8-10H,4-7H2,1-3H3,(H,17,18). The number of hydrogen-bond donors (Lipinski definition) is 1. The van der Waals surface area contributed by atoms with Crippen molar-refractivity contribution in [1.82, 2.24) is 14.8 Å². The van der Waals surface area contributed by atoms with Crippen LogP contribution in [-0.4, -0.2) is 44.8 Å². The molecule has 0 aromatic carbocycles. The Labute approximate surface area is 122 Å². The average molecular weight is 299 g/mol. The number of aromatic nitrogens is 3. The number of aliphatic carboxylic acids is 1. The van der Waals surface area contributed by atoms with E-state index in [9.17, 15) is 4.79 Å². The van der Waals surface area contributed by atoms with Gasteiger partial charge in [-0.05, 0) is 13.3 Å². The summed E-state index contributed by atoms with van der Waals surface area (Å²) < 4.78 is 7.55. The maximum atomic E-state index is 10.8. The van der Waals surface area contributed by atoms with E-state index in [1.165, 1.54) is 11.8 Å². The van der Waals surface area contributed by atoms with Crippen molar-refractivity contribution in [1.29, 1.82) is 0 Å². The monoisotopic (exact) mass is 299 g/mol. The Morgan fingerprint density at radius 1 is 1.50 bits per heavy atom. The SMILES string of the molecule is CC(C)c1nnc(SCC(=O)O)n1C(C)C1CCOC1. The van der Waals surface area contributed by atoms with Crippen LogP contribution in [0.25, 0.3) is 0 Å². The van der Waals surface area contributed by atoms with Gasteiger partial charge in [0.15, 0.2) is 5.16 Å². The number of ether oxygens (including phenoxy) is 1. The van der Waals surface area contributed by atoms with E-state index in [2.05, 4.69) is 35.5 Å². The van der Waals surface area contributed by atoms with Crippen LogP contribution >= 0.6 is 11.8 Å². The van der Waals surface area contributed by atoms with Crippen LogP contribution in [0, 0.1) is 5.92 Å². The largest absolute Gasteiger partial charge is 0.481 e. The molecule has 1 saturated heterocycles. The van der Waals surface area contributed by atoms with Crippen LogP contribution in [0.1, 0.15) is 45.0 Å². The van der Waals surface area contributed by atoms with Gasteiger partial charge in [-0.3, -0.25) is 4.79 Å². The Morgan fingerprint density at radius 2 is 2.25 bits per heavy atom. The first kappa shape index (κ1) is 15.3. The van der Waals surface area contributed by atoms with Crippen molar-refractivity contribution >= 4 is 17.7 Å². The second-order valence-electron chi connectivity index (χ2n) is 5.41. The molecule has 20 heavy (non-hydrogen) atoms. The van der Waals surface area contributed by atoms with Crippen molar-refractivity contribution in [2.24, 2.45) is 5.92 Å². The Hall–Kier alpha value is -1.08. The smallest absolute Gasteiger partial charge is 0.313 e. The highest BCUT2D eigenvalue weighted by molar-refractivity contribution is 7.99. The third-order valence-corrected chi connectivity index (χ3v) is 4.51. The van der Waals surface area contributed by atoms with Gasteiger partial charge in [-0.25, -0.2) is 0 Å². The summed E-state index contributed by atoms with van der Waals surface area (Å²) >= 11 is 1.23. The van der Waals surface area contributed by atoms with E-state index in [0.29, 0.717) is 11.1 Å². The molecule has 1 aromatic rings. The average Bonchev–Trinajstić information content (AvgIpc) is 3.04. The van der Waals surface area contributed by atoms with E-state index in [1.807, 2.05) is 0 Å². The van der Waals surface area contributed by atoms with Crippen LogP contribution in [0.5, 0.6) is 0 Å².